The topological polar surface area (TPSA) is 87.7 Å². The molecule has 6 nitrogen and oxygen atoms in total. The van der Waals surface area contributed by atoms with Gasteiger partial charge in [-0.15, -0.1) is 0 Å². The van der Waals surface area contributed by atoms with Crippen LogP contribution in [0.3, 0.4) is 0 Å². The van der Waals surface area contributed by atoms with E-state index in [4.69, 9.17) is 9.84 Å². The minimum atomic E-state index is -0.792. The van der Waals surface area contributed by atoms with Gasteiger partial charge in [0.25, 0.3) is 0 Å². The molecular weight excluding hydrogens is 260 g/mol. The van der Waals surface area contributed by atoms with Crippen molar-refractivity contribution in [2.75, 3.05) is 12.4 Å². The van der Waals surface area contributed by atoms with Crippen molar-refractivity contribution >= 4 is 17.7 Å². The molecule has 0 unspecified atom stereocenters. The molecule has 1 fully saturated rings. The van der Waals surface area contributed by atoms with Crippen LogP contribution < -0.4 is 15.4 Å². The maximum absolute atomic E-state index is 11.9. The molecule has 2 amide bonds. The predicted octanol–water partition coefficient (Wildman–Crippen LogP) is 2.07. The molecule has 6 heteroatoms. The molecule has 1 aromatic rings. The molecule has 0 aliphatic heterocycles. The number of hydrogen-bond donors (Lipinski definition) is 3. The number of carbonyl (C=O) groups is 2. The quantitative estimate of drug-likeness (QED) is 0.786. The molecule has 0 aromatic heterocycles. The largest absolute Gasteiger partial charge is 0.495 e. The number of rotatable bonds is 4. The van der Waals surface area contributed by atoms with Crippen molar-refractivity contribution in [3.63, 3.8) is 0 Å². The monoisotopic (exact) mass is 278 g/mol. The average Bonchev–Trinajstić information content (AvgIpc) is 2.88. The molecule has 1 aromatic carbocycles. The predicted molar refractivity (Wildman–Crippen MR) is 73.9 cm³/mol. The Labute approximate surface area is 117 Å². The lowest BCUT2D eigenvalue weighted by Gasteiger charge is -2.14. The van der Waals surface area contributed by atoms with Crippen LogP contribution in [0.15, 0.2) is 24.3 Å². The van der Waals surface area contributed by atoms with E-state index in [9.17, 15) is 9.59 Å². The first kappa shape index (κ1) is 14.2. The Morgan fingerprint density at radius 2 is 2.05 bits per heavy atom. The highest BCUT2D eigenvalue weighted by molar-refractivity contribution is 5.91. The molecule has 1 aliphatic carbocycles. The number of anilines is 1. The molecule has 108 valence electrons. The number of amides is 2. The first-order chi connectivity index (χ1) is 9.60. The fraction of sp³-hybridized carbons (Fsp3) is 0.429. The number of aliphatic carboxylic acids is 1. The number of methoxy groups -OCH3 is 1. The van der Waals surface area contributed by atoms with Gasteiger partial charge in [-0.3, -0.25) is 4.79 Å². The summed E-state index contributed by atoms with van der Waals surface area (Å²) >= 11 is 0. The van der Waals surface area contributed by atoms with E-state index in [1.165, 1.54) is 7.11 Å². The highest BCUT2D eigenvalue weighted by Gasteiger charge is 2.30. The van der Waals surface area contributed by atoms with Crippen LogP contribution in [0.4, 0.5) is 10.5 Å². The Hall–Kier alpha value is -2.24. The summed E-state index contributed by atoms with van der Waals surface area (Å²) in [5, 5.41) is 14.4. The maximum atomic E-state index is 11.9. The zero-order valence-electron chi connectivity index (χ0n) is 11.3. The second-order valence-corrected chi connectivity index (χ2v) is 4.84. The van der Waals surface area contributed by atoms with Crippen LogP contribution in [0.5, 0.6) is 5.75 Å². The van der Waals surface area contributed by atoms with Crippen LogP contribution in [0.1, 0.15) is 19.3 Å². The van der Waals surface area contributed by atoms with Crippen LogP contribution in [0.25, 0.3) is 0 Å². The van der Waals surface area contributed by atoms with Gasteiger partial charge in [-0.05, 0) is 31.4 Å². The number of ether oxygens (including phenoxy) is 1. The van der Waals surface area contributed by atoms with Crippen molar-refractivity contribution in [1.82, 2.24) is 5.32 Å². The summed E-state index contributed by atoms with van der Waals surface area (Å²) in [6.45, 7) is 0. The molecule has 2 atom stereocenters. The summed E-state index contributed by atoms with van der Waals surface area (Å²) in [4.78, 5) is 22.8. The molecular formula is C14H18N2O4. The Morgan fingerprint density at radius 3 is 2.70 bits per heavy atom. The van der Waals surface area contributed by atoms with E-state index in [0.717, 1.165) is 0 Å². The molecule has 3 N–H and O–H groups in total. The van der Waals surface area contributed by atoms with E-state index >= 15 is 0 Å². The van der Waals surface area contributed by atoms with Crippen LogP contribution in [0, 0.1) is 5.92 Å². The second kappa shape index (κ2) is 6.27. The van der Waals surface area contributed by atoms with Crippen LogP contribution in [-0.4, -0.2) is 30.3 Å². The molecule has 1 saturated carbocycles. The van der Waals surface area contributed by atoms with Gasteiger partial charge in [0.1, 0.15) is 5.75 Å². The van der Waals surface area contributed by atoms with E-state index in [1.54, 1.807) is 18.2 Å². The average molecular weight is 278 g/mol. The molecule has 0 saturated heterocycles. The van der Waals surface area contributed by atoms with Crippen molar-refractivity contribution in [2.45, 2.75) is 25.3 Å². The summed E-state index contributed by atoms with van der Waals surface area (Å²) in [5.41, 5.74) is 0.584. The molecule has 0 bridgehead atoms. The standard InChI is InChI=1S/C14H18N2O4/c1-20-12-5-3-2-4-11(12)16-14(19)15-10-7-6-9(8-10)13(17)18/h2-5,9-10H,6-8H2,1H3,(H,17,18)(H2,15,16,19)/t9-,10+/m1/s1. The van der Waals surface area contributed by atoms with Crippen molar-refractivity contribution in [3.05, 3.63) is 24.3 Å². The second-order valence-electron chi connectivity index (χ2n) is 4.84. The van der Waals surface area contributed by atoms with Gasteiger partial charge in [-0.25, -0.2) is 4.79 Å². The van der Waals surface area contributed by atoms with E-state index in [1.807, 2.05) is 6.07 Å². The number of para-hydroxylation sites is 2. The lowest BCUT2D eigenvalue weighted by molar-refractivity contribution is -0.141. The first-order valence-corrected chi connectivity index (χ1v) is 6.53. The Kier molecular flexibility index (Phi) is 4.45. The molecule has 0 spiro atoms. The van der Waals surface area contributed by atoms with Gasteiger partial charge >= 0.3 is 12.0 Å². The summed E-state index contributed by atoms with van der Waals surface area (Å²) in [6.07, 6.45) is 1.78. The van der Waals surface area contributed by atoms with Crippen LogP contribution in [-0.2, 0) is 4.79 Å². The normalized spacial score (nSPS) is 21.2. The van der Waals surface area contributed by atoms with Gasteiger partial charge in [-0.2, -0.15) is 0 Å². The fourth-order valence-corrected chi connectivity index (χ4v) is 2.43. The highest BCUT2D eigenvalue weighted by Crippen LogP contribution is 2.26. The lowest BCUT2D eigenvalue weighted by Crippen LogP contribution is -2.36. The van der Waals surface area contributed by atoms with Crippen molar-refractivity contribution < 1.29 is 19.4 Å². The van der Waals surface area contributed by atoms with Gasteiger partial charge in [0.15, 0.2) is 0 Å². The van der Waals surface area contributed by atoms with Crippen molar-refractivity contribution in [2.24, 2.45) is 5.92 Å². The Morgan fingerprint density at radius 1 is 1.30 bits per heavy atom. The zero-order valence-corrected chi connectivity index (χ0v) is 11.3. The van der Waals surface area contributed by atoms with Gasteiger partial charge < -0.3 is 20.5 Å². The highest BCUT2D eigenvalue weighted by atomic mass is 16.5. The number of nitrogens with one attached hydrogen (secondary N) is 2. The SMILES string of the molecule is COc1ccccc1NC(=O)N[C@H]1CC[C@@H](C(=O)O)C1. The van der Waals surface area contributed by atoms with Gasteiger partial charge in [0.2, 0.25) is 0 Å². The Balaban J connectivity index is 1.89. The minimum absolute atomic E-state index is 0.0918. The third kappa shape index (κ3) is 3.40. The van der Waals surface area contributed by atoms with Crippen LogP contribution in [0.2, 0.25) is 0 Å². The van der Waals surface area contributed by atoms with E-state index < -0.39 is 5.97 Å². The fourth-order valence-electron chi connectivity index (χ4n) is 2.43. The number of urea groups is 1. The molecule has 0 heterocycles. The van der Waals surface area contributed by atoms with Crippen LogP contribution >= 0.6 is 0 Å². The molecule has 2 rings (SSSR count). The van der Waals surface area contributed by atoms with E-state index in [0.29, 0.717) is 30.7 Å². The Bertz CT molecular complexity index is 504. The van der Waals surface area contributed by atoms with Gasteiger partial charge in [0, 0.05) is 6.04 Å². The van der Waals surface area contributed by atoms with Crippen molar-refractivity contribution in [1.29, 1.82) is 0 Å². The van der Waals surface area contributed by atoms with E-state index in [-0.39, 0.29) is 18.0 Å². The summed E-state index contributed by atoms with van der Waals surface area (Å²) < 4.78 is 5.14. The lowest BCUT2D eigenvalue weighted by atomic mass is 10.1. The summed E-state index contributed by atoms with van der Waals surface area (Å²) in [5.74, 6) is -0.566. The van der Waals surface area contributed by atoms with Gasteiger partial charge in [-0.1, -0.05) is 12.1 Å². The third-order valence-electron chi connectivity index (χ3n) is 3.47. The summed E-state index contributed by atoms with van der Waals surface area (Å²) in [6, 6.07) is 6.68. The number of carboxylic acids is 1. The smallest absolute Gasteiger partial charge is 0.319 e. The molecule has 0 radical (unpaired) electrons. The number of benzene rings is 1. The van der Waals surface area contributed by atoms with Crippen molar-refractivity contribution in [3.8, 4) is 5.75 Å². The van der Waals surface area contributed by atoms with Gasteiger partial charge in [0.05, 0.1) is 18.7 Å². The molecule has 20 heavy (non-hydrogen) atoms. The number of carbonyl (C=O) groups excluding carboxylic acids is 1. The third-order valence-corrected chi connectivity index (χ3v) is 3.47. The number of carboxylic acid groups (broad SMARTS) is 1. The number of hydrogen-bond acceptors (Lipinski definition) is 3. The summed E-state index contributed by atoms with van der Waals surface area (Å²) in [7, 11) is 1.53. The maximum Gasteiger partial charge on any atom is 0.319 e. The first-order valence-electron chi connectivity index (χ1n) is 6.53. The minimum Gasteiger partial charge on any atom is -0.495 e. The zero-order chi connectivity index (χ0) is 14.5. The van der Waals surface area contributed by atoms with E-state index in [2.05, 4.69) is 10.6 Å². The molecule has 1 aliphatic rings.